The van der Waals surface area contributed by atoms with Crippen LogP contribution in [0.2, 0.25) is 0 Å². The highest BCUT2D eigenvalue weighted by Crippen LogP contribution is 2.42. The molecule has 1 aliphatic heterocycles. The van der Waals surface area contributed by atoms with Crippen LogP contribution >= 0.6 is 23.5 Å². The van der Waals surface area contributed by atoms with Crippen molar-refractivity contribution in [3.8, 4) is 23.7 Å². The minimum absolute atomic E-state index is 0.0609. The lowest BCUT2D eigenvalue weighted by Gasteiger charge is -2.11. The lowest BCUT2D eigenvalue weighted by atomic mass is 10.2. The van der Waals surface area contributed by atoms with Crippen molar-refractivity contribution >= 4 is 23.5 Å². The van der Waals surface area contributed by atoms with Gasteiger partial charge in [0.05, 0.1) is 0 Å². The summed E-state index contributed by atoms with van der Waals surface area (Å²) < 4.78 is 0.0609. The molecule has 1 aromatic carbocycles. The summed E-state index contributed by atoms with van der Waals surface area (Å²) in [5.41, 5.74) is 1.02. The minimum Gasteiger partial charge on any atom is -0.131 e. The van der Waals surface area contributed by atoms with E-state index in [1.807, 2.05) is 53.9 Å². The van der Waals surface area contributed by atoms with Gasteiger partial charge in [-0.15, -0.1) is 23.5 Å². The van der Waals surface area contributed by atoms with Gasteiger partial charge in [0, 0.05) is 17.1 Å². The molecule has 0 bridgehead atoms. The van der Waals surface area contributed by atoms with Gasteiger partial charge in [-0.3, -0.25) is 0 Å². The molecular weight excluding hydrogens is 232 g/mol. The second-order valence-electron chi connectivity index (χ2n) is 3.51. The molecular formula is C14H12S2. The second kappa shape index (κ2) is 5.39. The van der Waals surface area contributed by atoms with Crippen LogP contribution in [0.3, 0.4) is 0 Å². The highest BCUT2D eigenvalue weighted by molar-refractivity contribution is 8.21. The van der Waals surface area contributed by atoms with Crippen LogP contribution in [-0.4, -0.2) is 15.6 Å². The van der Waals surface area contributed by atoms with Gasteiger partial charge >= 0.3 is 0 Å². The number of rotatable bonds is 0. The molecule has 0 atom stereocenters. The van der Waals surface area contributed by atoms with Crippen LogP contribution in [-0.2, 0) is 0 Å². The molecule has 80 valence electrons. The Morgan fingerprint density at radius 3 is 2.44 bits per heavy atom. The van der Waals surface area contributed by atoms with E-state index in [1.165, 1.54) is 11.5 Å². The summed E-state index contributed by atoms with van der Waals surface area (Å²) in [6.45, 7) is 2.17. The number of hydrogen-bond donors (Lipinski definition) is 0. The van der Waals surface area contributed by atoms with Crippen molar-refractivity contribution in [3.63, 3.8) is 0 Å². The van der Waals surface area contributed by atoms with Crippen molar-refractivity contribution < 1.29 is 0 Å². The van der Waals surface area contributed by atoms with Crippen LogP contribution in [0.15, 0.2) is 30.3 Å². The maximum atomic E-state index is 3.23. The van der Waals surface area contributed by atoms with Crippen molar-refractivity contribution in [2.45, 2.75) is 11.0 Å². The molecule has 1 aliphatic rings. The Morgan fingerprint density at radius 1 is 1.06 bits per heavy atom. The summed E-state index contributed by atoms with van der Waals surface area (Å²) in [6.07, 6.45) is 0. The molecule has 0 aromatic heterocycles. The molecule has 2 rings (SSSR count). The van der Waals surface area contributed by atoms with E-state index in [0.29, 0.717) is 0 Å². The van der Waals surface area contributed by atoms with Crippen LogP contribution in [0.4, 0.5) is 0 Å². The molecule has 0 N–H and O–H groups in total. The largest absolute Gasteiger partial charge is 0.131 e. The molecule has 16 heavy (non-hydrogen) atoms. The van der Waals surface area contributed by atoms with Gasteiger partial charge < -0.3 is 0 Å². The predicted molar refractivity (Wildman–Crippen MR) is 74.4 cm³/mol. The van der Waals surface area contributed by atoms with Crippen LogP contribution in [0.1, 0.15) is 12.5 Å². The normalized spacial score (nSPS) is 16.8. The second-order valence-corrected chi connectivity index (χ2v) is 6.79. The first kappa shape index (κ1) is 11.5. The van der Waals surface area contributed by atoms with Crippen LogP contribution in [0.5, 0.6) is 0 Å². The molecule has 1 heterocycles. The van der Waals surface area contributed by atoms with Crippen molar-refractivity contribution in [1.82, 2.24) is 0 Å². The lowest BCUT2D eigenvalue weighted by Crippen LogP contribution is -2.05. The lowest BCUT2D eigenvalue weighted by molar-refractivity contribution is 1.22. The number of benzene rings is 1. The Labute approximate surface area is 106 Å². The monoisotopic (exact) mass is 244 g/mol. The first-order chi connectivity index (χ1) is 7.79. The van der Waals surface area contributed by atoms with Gasteiger partial charge in [0.2, 0.25) is 0 Å². The molecule has 0 unspecified atom stereocenters. The highest BCUT2D eigenvalue weighted by atomic mass is 32.2. The molecule has 2 heteroatoms. The van der Waals surface area contributed by atoms with Gasteiger partial charge in [-0.2, -0.15) is 0 Å². The molecule has 0 radical (unpaired) electrons. The Balaban J connectivity index is 2.02. The topological polar surface area (TPSA) is 0 Å². The quantitative estimate of drug-likeness (QED) is 0.643. The van der Waals surface area contributed by atoms with E-state index in [4.69, 9.17) is 0 Å². The average Bonchev–Trinajstić information content (AvgIpc) is 2.74. The SMILES string of the molecule is CC1(C#CC#Cc2ccccc2)SCCS1. The maximum absolute atomic E-state index is 3.23. The summed E-state index contributed by atoms with van der Waals surface area (Å²) in [7, 11) is 0. The summed E-state index contributed by atoms with van der Waals surface area (Å²) >= 11 is 3.83. The summed E-state index contributed by atoms with van der Waals surface area (Å²) in [6, 6.07) is 9.96. The molecule has 0 saturated carbocycles. The van der Waals surface area contributed by atoms with E-state index in [1.54, 1.807) is 0 Å². The van der Waals surface area contributed by atoms with Crippen molar-refractivity contribution in [1.29, 1.82) is 0 Å². The standard InChI is InChI=1S/C14H12S2/c1-14(15-11-12-16-14)10-6-5-9-13-7-3-2-4-8-13/h2-4,7-8H,11-12H2,1H3. The minimum atomic E-state index is 0.0609. The fourth-order valence-electron chi connectivity index (χ4n) is 1.36. The third-order valence-corrected chi connectivity index (χ3v) is 5.26. The Morgan fingerprint density at radius 2 is 1.75 bits per heavy atom. The molecule has 1 fully saturated rings. The van der Waals surface area contributed by atoms with Gasteiger partial charge in [-0.25, -0.2) is 0 Å². The van der Waals surface area contributed by atoms with Crippen LogP contribution in [0.25, 0.3) is 0 Å². The Bertz CT molecular complexity index is 462. The van der Waals surface area contributed by atoms with E-state index >= 15 is 0 Å². The van der Waals surface area contributed by atoms with E-state index in [-0.39, 0.29) is 4.08 Å². The van der Waals surface area contributed by atoms with E-state index in [0.717, 1.165) is 5.56 Å². The molecule has 1 saturated heterocycles. The van der Waals surface area contributed by atoms with Gasteiger partial charge in [-0.05, 0) is 30.9 Å². The predicted octanol–water partition coefficient (Wildman–Crippen LogP) is 3.24. The van der Waals surface area contributed by atoms with Gasteiger partial charge in [0.25, 0.3) is 0 Å². The molecule has 0 nitrogen and oxygen atoms in total. The fourth-order valence-corrected chi connectivity index (χ4v) is 3.88. The van der Waals surface area contributed by atoms with Crippen molar-refractivity contribution in [3.05, 3.63) is 35.9 Å². The molecule has 0 spiro atoms. The average molecular weight is 244 g/mol. The van der Waals surface area contributed by atoms with Crippen LogP contribution < -0.4 is 0 Å². The zero-order valence-corrected chi connectivity index (χ0v) is 10.8. The first-order valence-electron chi connectivity index (χ1n) is 5.15. The number of hydrogen-bond acceptors (Lipinski definition) is 2. The molecule has 0 aliphatic carbocycles. The highest BCUT2D eigenvalue weighted by Gasteiger charge is 2.27. The van der Waals surface area contributed by atoms with Gasteiger partial charge in [-0.1, -0.05) is 30.0 Å². The summed E-state index contributed by atoms with van der Waals surface area (Å²) in [4.78, 5) is 0. The van der Waals surface area contributed by atoms with E-state index < -0.39 is 0 Å². The van der Waals surface area contributed by atoms with Crippen molar-refractivity contribution in [2.75, 3.05) is 11.5 Å². The van der Waals surface area contributed by atoms with Gasteiger partial charge in [0.15, 0.2) is 0 Å². The zero-order valence-electron chi connectivity index (χ0n) is 9.12. The maximum Gasteiger partial charge on any atom is 0.120 e. The third kappa shape index (κ3) is 3.27. The third-order valence-electron chi connectivity index (χ3n) is 2.17. The molecule has 0 amide bonds. The summed E-state index contributed by atoms with van der Waals surface area (Å²) in [5, 5.41) is 0. The Kier molecular flexibility index (Phi) is 3.88. The number of thioether (sulfide) groups is 2. The van der Waals surface area contributed by atoms with Gasteiger partial charge in [0.1, 0.15) is 4.08 Å². The smallest absolute Gasteiger partial charge is 0.120 e. The Hall–Kier alpha value is -0.960. The zero-order chi connectivity index (χ0) is 11.3. The fraction of sp³-hybridized carbons (Fsp3) is 0.286. The summed E-state index contributed by atoms with van der Waals surface area (Å²) in [5.74, 6) is 14.5. The molecule has 1 aromatic rings. The van der Waals surface area contributed by atoms with Crippen LogP contribution in [0, 0.1) is 23.7 Å². The van der Waals surface area contributed by atoms with E-state index in [2.05, 4.69) is 30.6 Å². The van der Waals surface area contributed by atoms with Crippen molar-refractivity contribution in [2.24, 2.45) is 0 Å². The van der Waals surface area contributed by atoms with E-state index in [9.17, 15) is 0 Å². The first-order valence-corrected chi connectivity index (χ1v) is 7.12.